The molecule has 0 radical (unpaired) electrons. The molecular weight excluding hydrogens is 202 g/mol. The van der Waals surface area contributed by atoms with E-state index in [1.54, 1.807) is 0 Å². The van der Waals surface area contributed by atoms with Crippen LogP contribution in [0.3, 0.4) is 0 Å². The number of esters is 1. The minimum Gasteiger partial charge on any atom is -0.397 e. The largest absolute Gasteiger partial charge is 0.400 e. The first-order valence-electron chi connectivity index (χ1n) is 5.15. The molecule has 4 heteroatoms. The van der Waals surface area contributed by atoms with Crippen molar-refractivity contribution in [2.45, 2.75) is 52.1 Å². The summed E-state index contributed by atoms with van der Waals surface area (Å²) < 4.78 is 30.0. The standard InChI is InChI=1S/C11H18F2O2/c1-4-5-6-7-8-11(12,13)15-10(14)9(2)3/h2,4-8H2,1,3H3. The highest BCUT2D eigenvalue weighted by Crippen LogP contribution is 2.24. The van der Waals surface area contributed by atoms with Gasteiger partial charge in [-0.2, -0.15) is 8.78 Å². The van der Waals surface area contributed by atoms with Gasteiger partial charge in [0.05, 0.1) is 6.42 Å². The van der Waals surface area contributed by atoms with Crippen molar-refractivity contribution in [3.05, 3.63) is 12.2 Å². The highest BCUT2D eigenvalue weighted by molar-refractivity contribution is 5.87. The van der Waals surface area contributed by atoms with Crippen LogP contribution in [0.15, 0.2) is 12.2 Å². The van der Waals surface area contributed by atoms with E-state index in [1.807, 2.05) is 6.92 Å². The third kappa shape index (κ3) is 7.05. The predicted octanol–water partition coefficient (Wildman–Crippen LogP) is 3.67. The number of rotatable bonds is 7. The van der Waals surface area contributed by atoms with Gasteiger partial charge >= 0.3 is 12.1 Å². The van der Waals surface area contributed by atoms with Crippen molar-refractivity contribution in [2.24, 2.45) is 0 Å². The molecule has 0 saturated carbocycles. The molecule has 0 N–H and O–H groups in total. The zero-order valence-corrected chi connectivity index (χ0v) is 9.32. The van der Waals surface area contributed by atoms with Gasteiger partial charge in [-0.25, -0.2) is 4.79 Å². The highest BCUT2D eigenvalue weighted by Gasteiger charge is 2.33. The average Bonchev–Trinajstić information content (AvgIpc) is 2.11. The molecule has 0 bridgehead atoms. The lowest BCUT2D eigenvalue weighted by Gasteiger charge is -2.16. The fourth-order valence-corrected chi connectivity index (χ4v) is 1.03. The minimum absolute atomic E-state index is 0.0109. The third-order valence-corrected chi connectivity index (χ3v) is 1.91. The molecular formula is C11H18F2O2. The van der Waals surface area contributed by atoms with Crippen molar-refractivity contribution in [1.29, 1.82) is 0 Å². The Morgan fingerprint density at radius 2 is 1.93 bits per heavy atom. The number of hydrogen-bond acceptors (Lipinski definition) is 2. The van der Waals surface area contributed by atoms with Gasteiger partial charge in [0, 0.05) is 5.57 Å². The maximum absolute atomic E-state index is 13.0. The molecule has 0 rings (SSSR count). The molecule has 0 unspecified atom stereocenters. The van der Waals surface area contributed by atoms with Crippen molar-refractivity contribution >= 4 is 5.97 Å². The topological polar surface area (TPSA) is 26.3 Å². The quantitative estimate of drug-likeness (QED) is 0.372. The van der Waals surface area contributed by atoms with Crippen LogP contribution in [0, 0.1) is 0 Å². The van der Waals surface area contributed by atoms with E-state index in [2.05, 4.69) is 11.3 Å². The molecule has 0 aromatic heterocycles. The average molecular weight is 220 g/mol. The van der Waals surface area contributed by atoms with Crippen molar-refractivity contribution < 1.29 is 18.3 Å². The summed E-state index contributed by atoms with van der Waals surface area (Å²) in [6, 6.07) is 0. The second-order valence-corrected chi connectivity index (χ2v) is 3.62. The summed E-state index contributed by atoms with van der Waals surface area (Å²) in [5, 5.41) is 0. The van der Waals surface area contributed by atoms with Gasteiger partial charge in [-0.05, 0) is 13.3 Å². The van der Waals surface area contributed by atoms with E-state index in [0.29, 0.717) is 6.42 Å². The molecule has 0 aliphatic rings. The van der Waals surface area contributed by atoms with Crippen LogP contribution in [0.4, 0.5) is 8.78 Å². The molecule has 0 saturated heterocycles. The second kappa shape index (κ2) is 6.53. The summed E-state index contributed by atoms with van der Waals surface area (Å²) in [5.41, 5.74) is -0.0109. The molecule has 0 aliphatic heterocycles. The van der Waals surface area contributed by atoms with Crippen LogP contribution < -0.4 is 0 Å². The molecule has 0 amide bonds. The summed E-state index contributed by atoms with van der Waals surface area (Å²) in [7, 11) is 0. The van der Waals surface area contributed by atoms with Gasteiger partial charge in [0.25, 0.3) is 0 Å². The van der Waals surface area contributed by atoms with E-state index in [1.165, 1.54) is 6.92 Å². The fraction of sp³-hybridized carbons (Fsp3) is 0.727. The summed E-state index contributed by atoms with van der Waals surface area (Å²) in [6.07, 6.45) is -0.765. The Kier molecular flexibility index (Phi) is 6.13. The smallest absolute Gasteiger partial charge is 0.397 e. The molecule has 0 aliphatic carbocycles. The van der Waals surface area contributed by atoms with Crippen molar-refractivity contribution in [3.63, 3.8) is 0 Å². The molecule has 0 aromatic rings. The Bertz CT molecular complexity index is 225. The Balaban J connectivity index is 3.86. The molecule has 88 valence electrons. The molecule has 0 heterocycles. The number of hydrogen-bond donors (Lipinski definition) is 0. The van der Waals surface area contributed by atoms with Crippen LogP contribution in [0.1, 0.15) is 46.0 Å². The Hall–Kier alpha value is -0.930. The molecule has 0 spiro atoms. The first kappa shape index (κ1) is 14.1. The summed E-state index contributed by atoms with van der Waals surface area (Å²) in [4.78, 5) is 10.8. The SMILES string of the molecule is C=C(C)C(=O)OC(F)(F)CCCCCC. The maximum atomic E-state index is 13.0. The van der Waals surface area contributed by atoms with Crippen LogP contribution >= 0.6 is 0 Å². The van der Waals surface area contributed by atoms with Gasteiger partial charge in [0.1, 0.15) is 0 Å². The molecule has 2 nitrogen and oxygen atoms in total. The normalized spacial score (nSPS) is 11.2. The number of carbonyl (C=O) groups excluding carboxylic acids is 1. The lowest BCUT2D eigenvalue weighted by atomic mass is 10.1. The number of unbranched alkanes of at least 4 members (excludes halogenated alkanes) is 3. The van der Waals surface area contributed by atoms with Crippen LogP contribution in [-0.2, 0) is 9.53 Å². The zero-order valence-electron chi connectivity index (χ0n) is 9.32. The first-order chi connectivity index (χ1) is 6.89. The lowest BCUT2D eigenvalue weighted by molar-refractivity contribution is -0.232. The fourth-order valence-electron chi connectivity index (χ4n) is 1.03. The summed E-state index contributed by atoms with van der Waals surface area (Å²) in [5.74, 6) is -1.03. The minimum atomic E-state index is -3.36. The van der Waals surface area contributed by atoms with Crippen molar-refractivity contribution in [3.8, 4) is 0 Å². The van der Waals surface area contributed by atoms with Gasteiger partial charge in [0.2, 0.25) is 0 Å². The Morgan fingerprint density at radius 1 is 1.33 bits per heavy atom. The lowest BCUT2D eigenvalue weighted by Crippen LogP contribution is -2.25. The van der Waals surface area contributed by atoms with Gasteiger partial charge < -0.3 is 4.74 Å². The van der Waals surface area contributed by atoms with Crippen molar-refractivity contribution in [1.82, 2.24) is 0 Å². The van der Waals surface area contributed by atoms with E-state index in [-0.39, 0.29) is 5.57 Å². The third-order valence-electron chi connectivity index (χ3n) is 1.91. The summed E-state index contributed by atoms with van der Waals surface area (Å²) in [6.45, 7) is 6.58. The molecule has 0 aromatic carbocycles. The highest BCUT2D eigenvalue weighted by atomic mass is 19.3. The van der Waals surface area contributed by atoms with Crippen molar-refractivity contribution in [2.75, 3.05) is 0 Å². The number of alkyl halides is 2. The summed E-state index contributed by atoms with van der Waals surface area (Å²) >= 11 is 0. The number of carbonyl (C=O) groups is 1. The second-order valence-electron chi connectivity index (χ2n) is 3.62. The predicted molar refractivity (Wildman–Crippen MR) is 54.6 cm³/mol. The zero-order chi connectivity index (χ0) is 11.9. The molecule has 15 heavy (non-hydrogen) atoms. The van der Waals surface area contributed by atoms with Gasteiger partial charge in [-0.1, -0.05) is 32.8 Å². The van der Waals surface area contributed by atoms with E-state index in [9.17, 15) is 13.6 Å². The Morgan fingerprint density at radius 3 is 2.40 bits per heavy atom. The first-order valence-corrected chi connectivity index (χ1v) is 5.15. The van der Waals surface area contributed by atoms with Crippen LogP contribution in [0.5, 0.6) is 0 Å². The van der Waals surface area contributed by atoms with Gasteiger partial charge in [-0.15, -0.1) is 0 Å². The van der Waals surface area contributed by atoms with E-state index in [0.717, 1.165) is 19.3 Å². The number of halogens is 2. The van der Waals surface area contributed by atoms with Crippen LogP contribution in [0.25, 0.3) is 0 Å². The number of ether oxygens (including phenoxy) is 1. The Labute approximate surface area is 89.3 Å². The van der Waals surface area contributed by atoms with E-state index < -0.39 is 18.5 Å². The molecule has 0 atom stereocenters. The maximum Gasteiger partial charge on any atom is 0.400 e. The van der Waals surface area contributed by atoms with Gasteiger partial charge in [0.15, 0.2) is 0 Å². The monoisotopic (exact) mass is 220 g/mol. The van der Waals surface area contributed by atoms with E-state index >= 15 is 0 Å². The van der Waals surface area contributed by atoms with Gasteiger partial charge in [-0.3, -0.25) is 0 Å². The van der Waals surface area contributed by atoms with E-state index in [4.69, 9.17) is 0 Å². The van der Waals surface area contributed by atoms with Crippen LogP contribution in [-0.4, -0.2) is 12.1 Å². The molecule has 0 fully saturated rings. The van der Waals surface area contributed by atoms with Crippen LogP contribution in [0.2, 0.25) is 0 Å².